The zero-order valence-electron chi connectivity index (χ0n) is 29.0. The number of sulfonamides is 1. The molecule has 2 aliphatic carbocycles. The molecule has 4 amide bonds. The fourth-order valence-electron chi connectivity index (χ4n) is 7.13. The maximum Gasteiger partial charge on any atom is 0.407 e. The molecule has 1 aromatic heterocycles. The van der Waals surface area contributed by atoms with E-state index >= 15 is 0 Å². The number of alkyl carbamates (subject to hydrolysis) is 1. The number of carbonyl (C=O) groups excluding carboxylic acids is 4. The van der Waals surface area contributed by atoms with E-state index < -0.39 is 68.7 Å². The first-order chi connectivity index (χ1) is 25.0. The second kappa shape index (κ2) is 14.2. The molecule has 5 atom stereocenters. The van der Waals surface area contributed by atoms with Crippen molar-refractivity contribution in [1.29, 1.82) is 0 Å². The number of ether oxygens (including phenoxy) is 2. The van der Waals surface area contributed by atoms with Crippen LogP contribution in [0.5, 0.6) is 5.75 Å². The van der Waals surface area contributed by atoms with Crippen LogP contribution in [0.25, 0.3) is 22.2 Å². The minimum Gasteiger partial charge on any atom is -0.488 e. The third kappa shape index (κ3) is 7.34. The molecule has 14 heteroatoms. The van der Waals surface area contributed by atoms with Crippen molar-refractivity contribution in [2.45, 2.75) is 87.3 Å². The number of aryl methyl sites for hydroxylation is 1. The number of amides is 4. The largest absolute Gasteiger partial charge is 0.488 e. The maximum absolute atomic E-state index is 14.2. The van der Waals surface area contributed by atoms with Gasteiger partial charge < -0.3 is 25.0 Å². The van der Waals surface area contributed by atoms with Gasteiger partial charge in [-0.15, -0.1) is 6.58 Å². The van der Waals surface area contributed by atoms with E-state index in [1.165, 1.54) is 17.9 Å². The van der Waals surface area contributed by atoms with Crippen LogP contribution in [-0.2, 0) is 35.6 Å². The van der Waals surface area contributed by atoms with Crippen LogP contribution < -0.4 is 20.1 Å². The molecular formula is C38H43N5O8S. The fraction of sp³-hybridized carbons (Fsp3) is 0.447. The maximum atomic E-state index is 14.2. The predicted molar refractivity (Wildman–Crippen MR) is 192 cm³/mol. The Balaban J connectivity index is 1.21. The number of fused-ring (bicyclic) bond motifs is 3. The van der Waals surface area contributed by atoms with Crippen molar-refractivity contribution in [1.82, 2.24) is 25.2 Å². The lowest BCUT2D eigenvalue weighted by molar-refractivity contribution is -0.140. The van der Waals surface area contributed by atoms with Gasteiger partial charge in [-0.3, -0.25) is 19.1 Å². The fourth-order valence-corrected chi connectivity index (χ4v) is 8.49. The molecule has 2 aromatic carbocycles. The second-order valence-corrected chi connectivity index (χ2v) is 16.2. The van der Waals surface area contributed by atoms with Gasteiger partial charge in [0.1, 0.15) is 29.5 Å². The number of cyclic esters (lactones) is 1. The molecule has 0 radical (unpaired) electrons. The van der Waals surface area contributed by atoms with E-state index in [2.05, 4.69) is 28.0 Å². The summed E-state index contributed by atoms with van der Waals surface area (Å²) in [5.74, 6) is -1.97. The summed E-state index contributed by atoms with van der Waals surface area (Å²) in [4.78, 5) is 60.5. The van der Waals surface area contributed by atoms with Crippen LogP contribution in [0.1, 0.15) is 57.4 Å². The average molecular weight is 730 g/mol. The minimum atomic E-state index is -3.88. The monoisotopic (exact) mass is 729 g/mol. The highest BCUT2D eigenvalue weighted by Crippen LogP contribution is 2.45. The second-order valence-electron chi connectivity index (χ2n) is 14.2. The average Bonchev–Trinajstić information content (AvgIpc) is 4.06. The number of nitrogens with zero attached hydrogens (tertiary/aromatic N) is 2. The normalized spacial score (nSPS) is 26.7. The molecule has 1 saturated heterocycles. The SMILES string of the molecule is C=C[C@H]1C[C@]1(NC(=O)[C@@H]1C[C@@H]2CN1C(=O)[C@H](C)NC(=O)OCCCCCc1ccc3nc(-c4ccccc4)cc(c3c1)O2)C(=O)NS(=O)(=O)C1CC1. The van der Waals surface area contributed by atoms with E-state index in [1.54, 1.807) is 0 Å². The van der Waals surface area contributed by atoms with Crippen molar-refractivity contribution in [3.8, 4) is 17.0 Å². The van der Waals surface area contributed by atoms with Gasteiger partial charge in [-0.25, -0.2) is 18.2 Å². The quantitative estimate of drug-likeness (QED) is 0.306. The highest BCUT2D eigenvalue weighted by atomic mass is 32.2. The Bertz CT molecular complexity index is 2020. The molecule has 4 bridgehead atoms. The molecule has 3 aromatic rings. The van der Waals surface area contributed by atoms with Gasteiger partial charge in [0.2, 0.25) is 21.8 Å². The number of rotatable bonds is 7. The molecule has 2 aliphatic heterocycles. The molecule has 0 spiro atoms. The van der Waals surface area contributed by atoms with Crippen LogP contribution in [0.3, 0.4) is 0 Å². The van der Waals surface area contributed by atoms with Crippen LogP contribution >= 0.6 is 0 Å². The van der Waals surface area contributed by atoms with Crippen molar-refractivity contribution in [2.24, 2.45) is 5.92 Å². The van der Waals surface area contributed by atoms with Crippen molar-refractivity contribution in [2.75, 3.05) is 13.2 Å². The highest BCUT2D eigenvalue weighted by molar-refractivity contribution is 7.91. The summed E-state index contributed by atoms with van der Waals surface area (Å²) in [7, 11) is -3.88. The zero-order chi connectivity index (χ0) is 36.6. The van der Waals surface area contributed by atoms with Gasteiger partial charge in [-0.05, 0) is 69.6 Å². The van der Waals surface area contributed by atoms with Gasteiger partial charge in [0, 0.05) is 29.4 Å². The van der Waals surface area contributed by atoms with Crippen LogP contribution in [-0.4, -0.2) is 84.2 Å². The third-order valence-electron chi connectivity index (χ3n) is 10.3. The van der Waals surface area contributed by atoms with Gasteiger partial charge in [0.15, 0.2) is 0 Å². The molecule has 3 N–H and O–H groups in total. The Labute approximate surface area is 302 Å². The number of benzene rings is 2. The first-order valence-corrected chi connectivity index (χ1v) is 19.4. The third-order valence-corrected chi connectivity index (χ3v) is 12.2. The van der Waals surface area contributed by atoms with Crippen LogP contribution in [0.4, 0.5) is 4.79 Å². The van der Waals surface area contributed by atoms with Gasteiger partial charge in [0.05, 0.1) is 29.6 Å². The Morgan fingerprint density at radius 3 is 2.60 bits per heavy atom. The molecule has 0 unspecified atom stereocenters. The lowest BCUT2D eigenvalue weighted by Crippen LogP contribution is -2.58. The smallest absolute Gasteiger partial charge is 0.407 e. The standard InChI is InChI=1S/C38H43N5O8S/c1-3-26-21-38(26,36(46)42-52(48,49)28-14-15-28)41-34(44)32-19-27-22-43(32)35(45)23(2)39-37(47)50-17-9-5-6-10-24-13-16-30-29(18-24)33(51-27)20-31(40-30)25-11-7-4-8-12-25/h3-4,7-8,11-13,16,18,20,23,26-28,32H,1,5-6,9-10,14-15,17,19,21-22H2,2H3,(H,39,47)(H,41,44)(H,42,46)/t23-,26-,27+,32-,38+/m0/s1. The van der Waals surface area contributed by atoms with E-state index in [0.29, 0.717) is 30.7 Å². The van der Waals surface area contributed by atoms with Crippen molar-refractivity contribution < 1.29 is 37.1 Å². The highest BCUT2D eigenvalue weighted by Gasteiger charge is 2.62. The predicted octanol–water partition coefficient (Wildman–Crippen LogP) is 3.76. The minimum absolute atomic E-state index is 0.00229. The number of pyridine rings is 1. The van der Waals surface area contributed by atoms with Crippen molar-refractivity contribution in [3.05, 3.63) is 72.8 Å². The molecule has 3 fully saturated rings. The van der Waals surface area contributed by atoms with Gasteiger partial charge in [0.25, 0.3) is 5.91 Å². The molecule has 274 valence electrons. The lowest BCUT2D eigenvalue weighted by atomic mass is 10.0. The summed E-state index contributed by atoms with van der Waals surface area (Å²) in [5, 5.41) is 5.54. The van der Waals surface area contributed by atoms with E-state index in [0.717, 1.165) is 41.3 Å². The van der Waals surface area contributed by atoms with Crippen molar-refractivity contribution in [3.63, 3.8) is 0 Å². The van der Waals surface area contributed by atoms with Gasteiger partial charge in [-0.2, -0.15) is 0 Å². The number of hydrogen-bond acceptors (Lipinski definition) is 9. The Hall–Kier alpha value is -4.98. The molecule has 7 rings (SSSR count). The summed E-state index contributed by atoms with van der Waals surface area (Å²) in [5.41, 5.74) is 1.89. The number of aromatic nitrogens is 1. The Kier molecular flexibility index (Phi) is 9.68. The molecule has 4 aliphatic rings. The van der Waals surface area contributed by atoms with Crippen molar-refractivity contribution >= 4 is 44.7 Å². The summed E-state index contributed by atoms with van der Waals surface area (Å²) < 4.78 is 39.5. The first-order valence-electron chi connectivity index (χ1n) is 17.9. The van der Waals surface area contributed by atoms with Gasteiger partial charge in [-0.1, -0.05) is 42.5 Å². The molecule has 2 saturated carbocycles. The van der Waals surface area contributed by atoms with Gasteiger partial charge >= 0.3 is 6.09 Å². The molecule has 13 nitrogen and oxygen atoms in total. The zero-order valence-corrected chi connectivity index (χ0v) is 29.8. The van der Waals surface area contributed by atoms with Crippen LogP contribution in [0.2, 0.25) is 0 Å². The Morgan fingerprint density at radius 2 is 1.87 bits per heavy atom. The molecule has 52 heavy (non-hydrogen) atoms. The summed E-state index contributed by atoms with van der Waals surface area (Å²) in [6, 6.07) is 15.5. The topological polar surface area (TPSA) is 173 Å². The Morgan fingerprint density at radius 1 is 1.08 bits per heavy atom. The van der Waals surface area contributed by atoms with E-state index in [-0.39, 0.29) is 26.0 Å². The number of nitrogens with one attached hydrogen (secondary N) is 3. The summed E-state index contributed by atoms with van der Waals surface area (Å²) in [6.07, 6.45) is 4.43. The number of carbonyl (C=O) groups is 4. The van der Waals surface area contributed by atoms with Crippen LogP contribution in [0, 0.1) is 5.92 Å². The summed E-state index contributed by atoms with van der Waals surface area (Å²) in [6.45, 7) is 5.48. The van der Waals surface area contributed by atoms with E-state index in [4.69, 9.17) is 14.5 Å². The first kappa shape index (κ1) is 35.4. The lowest BCUT2D eigenvalue weighted by Gasteiger charge is -2.28. The molecule has 3 heterocycles. The number of hydrogen-bond donors (Lipinski definition) is 3. The van der Waals surface area contributed by atoms with E-state index in [9.17, 15) is 27.6 Å². The molecular weight excluding hydrogens is 687 g/mol. The summed E-state index contributed by atoms with van der Waals surface area (Å²) >= 11 is 0. The van der Waals surface area contributed by atoms with E-state index in [1.807, 2.05) is 48.5 Å². The van der Waals surface area contributed by atoms with Crippen LogP contribution in [0.15, 0.2) is 67.3 Å².